The van der Waals surface area contributed by atoms with Gasteiger partial charge in [0.25, 0.3) is 0 Å². The van der Waals surface area contributed by atoms with E-state index in [4.69, 9.17) is 4.52 Å². The van der Waals surface area contributed by atoms with Gasteiger partial charge in [-0.15, -0.1) is 0 Å². The van der Waals surface area contributed by atoms with Gasteiger partial charge in [-0.1, -0.05) is 23.4 Å². The zero-order valence-electron chi connectivity index (χ0n) is 11.8. The predicted molar refractivity (Wildman–Crippen MR) is 71.5 cm³/mol. The molecule has 120 valence electrons. The van der Waals surface area contributed by atoms with Crippen molar-refractivity contribution in [3.05, 3.63) is 47.1 Å². The van der Waals surface area contributed by atoms with Crippen molar-refractivity contribution in [3.8, 4) is 0 Å². The Bertz CT molecular complexity index is 769. The van der Waals surface area contributed by atoms with Gasteiger partial charge < -0.3 is 4.52 Å². The Morgan fingerprint density at radius 3 is 2.55 bits per heavy atom. The standard InChI is InChI=1S/C13H13F3N2O3S/c1-8(12-17-9(2)18-21-12)22(19,20)7-10-4-3-5-11(6-10)13(14,15)16/h3-6,8H,7H2,1-2H3/t8-/m1/s1. The Kier molecular flexibility index (Phi) is 4.28. The molecule has 1 aromatic heterocycles. The van der Waals surface area contributed by atoms with Gasteiger partial charge in [-0.05, 0) is 25.5 Å². The molecular weight excluding hydrogens is 321 g/mol. The number of aryl methyl sites for hydroxylation is 1. The topological polar surface area (TPSA) is 73.1 Å². The van der Waals surface area contributed by atoms with E-state index in [0.717, 1.165) is 12.1 Å². The van der Waals surface area contributed by atoms with Crippen LogP contribution in [-0.2, 0) is 21.8 Å². The third-order valence-electron chi connectivity index (χ3n) is 3.05. The molecule has 2 aromatic rings. The quantitative estimate of drug-likeness (QED) is 0.859. The Labute approximate surface area is 125 Å². The summed E-state index contributed by atoms with van der Waals surface area (Å²) in [5.74, 6) is -0.333. The Balaban J connectivity index is 2.25. The normalized spacial score (nSPS) is 14.0. The summed E-state index contributed by atoms with van der Waals surface area (Å²) in [6.45, 7) is 2.90. The highest BCUT2D eigenvalue weighted by Crippen LogP contribution is 2.31. The summed E-state index contributed by atoms with van der Waals surface area (Å²) in [4.78, 5) is 3.84. The fourth-order valence-electron chi connectivity index (χ4n) is 1.83. The highest BCUT2D eigenvalue weighted by Gasteiger charge is 2.32. The number of alkyl halides is 3. The fraction of sp³-hybridized carbons (Fsp3) is 0.385. The number of hydrogen-bond donors (Lipinski definition) is 0. The first-order chi connectivity index (χ1) is 10.1. The van der Waals surface area contributed by atoms with E-state index < -0.39 is 32.6 Å². The molecule has 9 heteroatoms. The second-order valence-corrected chi connectivity index (χ2v) is 7.15. The lowest BCUT2D eigenvalue weighted by Gasteiger charge is -2.11. The highest BCUT2D eigenvalue weighted by molar-refractivity contribution is 7.90. The van der Waals surface area contributed by atoms with E-state index >= 15 is 0 Å². The molecule has 0 saturated carbocycles. The van der Waals surface area contributed by atoms with Crippen molar-refractivity contribution in [2.45, 2.75) is 31.0 Å². The molecule has 0 N–H and O–H groups in total. The summed E-state index contributed by atoms with van der Waals surface area (Å²) in [7, 11) is -3.78. The van der Waals surface area contributed by atoms with Gasteiger partial charge in [0.05, 0.1) is 11.3 Å². The first-order valence-corrected chi connectivity index (χ1v) is 7.99. The van der Waals surface area contributed by atoms with E-state index in [2.05, 4.69) is 10.1 Å². The van der Waals surface area contributed by atoms with E-state index in [1.165, 1.54) is 19.1 Å². The summed E-state index contributed by atoms with van der Waals surface area (Å²) in [6.07, 6.45) is -4.52. The molecule has 22 heavy (non-hydrogen) atoms. The van der Waals surface area contributed by atoms with Crippen LogP contribution in [0.2, 0.25) is 0 Å². The molecule has 0 aliphatic carbocycles. The first kappa shape index (κ1) is 16.5. The van der Waals surface area contributed by atoms with Gasteiger partial charge in [-0.3, -0.25) is 0 Å². The van der Waals surface area contributed by atoms with Gasteiger partial charge >= 0.3 is 6.18 Å². The molecule has 1 atom stereocenters. The van der Waals surface area contributed by atoms with Crippen LogP contribution in [0, 0.1) is 6.92 Å². The van der Waals surface area contributed by atoms with Crippen LogP contribution in [0.25, 0.3) is 0 Å². The van der Waals surface area contributed by atoms with Crippen molar-refractivity contribution < 1.29 is 26.1 Å². The lowest BCUT2D eigenvalue weighted by Crippen LogP contribution is -2.14. The minimum Gasteiger partial charge on any atom is -0.338 e. The SMILES string of the molecule is Cc1noc([C@@H](C)S(=O)(=O)Cc2cccc(C(F)(F)F)c2)n1. The van der Waals surface area contributed by atoms with Crippen LogP contribution in [0.1, 0.15) is 35.0 Å². The molecule has 0 amide bonds. The van der Waals surface area contributed by atoms with Gasteiger partial charge in [-0.25, -0.2) is 8.42 Å². The largest absolute Gasteiger partial charge is 0.416 e. The molecule has 0 spiro atoms. The minimum atomic E-state index is -4.52. The van der Waals surface area contributed by atoms with Crippen molar-refractivity contribution >= 4 is 9.84 Å². The van der Waals surface area contributed by atoms with Gasteiger partial charge in [0.15, 0.2) is 15.7 Å². The Morgan fingerprint density at radius 1 is 1.32 bits per heavy atom. The second kappa shape index (κ2) is 5.71. The van der Waals surface area contributed by atoms with Gasteiger partial charge in [0, 0.05) is 0 Å². The average molecular weight is 334 g/mol. The highest BCUT2D eigenvalue weighted by atomic mass is 32.2. The second-order valence-electron chi connectivity index (χ2n) is 4.83. The number of halogens is 3. The van der Waals surface area contributed by atoms with E-state index in [1.807, 2.05) is 0 Å². The zero-order chi connectivity index (χ0) is 16.5. The van der Waals surface area contributed by atoms with Crippen LogP contribution in [0.15, 0.2) is 28.8 Å². The summed E-state index contributed by atoms with van der Waals surface area (Å²) < 4.78 is 67.3. The number of sulfone groups is 1. The van der Waals surface area contributed by atoms with Crippen molar-refractivity contribution in [1.82, 2.24) is 10.1 Å². The summed E-state index contributed by atoms with van der Waals surface area (Å²) >= 11 is 0. The number of hydrogen-bond acceptors (Lipinski definition) is 5. The third kappa shape index (κ3) is 3.65. The minimum absolute atomic E-state index is 0.0536. The molecule has 0 unspecified atom stereocenters. The maximum Gasteiger partial charge on any atom is 0.416 e. The maximum absolute atomic E-state index is 12.6. The molecular formula is C13H13F3N2O3S. The van der Waals surface area contributed by atoms with Crippen LogP contribution in [-0.4, -0.2) is 18.6 Å². The van der Waals surface area contributed by atoms with Crippen molar-refractivity contribution in [3.63, 3.8) is 0 Å². The van der Waals surface area contributed by atoms with Crippen LogP contribution in [0.3, 0.4) is 0 Å². The van der Waals surface area contributed by atoms with Crippen molar-refractivity contribution in [2.75, 3.05) is 0 Å². The molecule has 0 aliphatic heterocycles. The smallest absolute Gasteiger partial charge is 0.338 e. The number of rotatable bonds is 4. The van der Waals surface area contributed by atoms with E-state index in [1.54, 1.807) is 6.92 Å². The molecule has 5 nitrogen and oxygen atoms in total. The van der Waals surface area contributed by atoms with Crippen molar-refractivity contribution in [2.24, 2.45) is 0 Å². The molecule has 0 saturated heterocycles. The molecule has 0 bridgehead atoms. The molecule has 2 rings (SSSR count). The lowest BCUT2D eigenvalue weighted by molar-refractivity contribution is -0.137. The van der Waals surface area contributed by atoms with Crippen LogP contribution in [0.4, 0.5) is 13.2 Å². The van der Waals surface area contributed by atoms with Crippen molar-refractivity contribution in [1.29, 1.82) is 0 Å². The van der Waals surface area contributed by atoms with E-state index in [9.17, 15) is 21.6 Å². The summed E-state index contributed by atoms with van der Waals surface area (Å²) in [6, 6.07) is 4.22. The van der Waals surface area contributed by atoms with Gasteiger partial charge in [0.2, 0.25) is 5.89 Å². The van der Waals surface area contributed by atoms with E-state index in [-0.39, 0.29) is 17.3 Å². The Hall–Kier alpha value is -1.90. The molecule has 0 aliphatic rings. The van der Waals surface area contributed by atoms with Crippen LogP contribution < -0.4 is 0 Å². The monoisotopic (exact) mass is 334 g/mol. The fourth-order valence-corrected chi connectivity index (χ4v) is 3.12. The molecule has 1 aromatic carbocycles. The van der Waals surface area contributed by atoms with Gasteiger partial charge in [-0.2, -0.15) is 18.2 Å². The summed E-state index contributed by atoms with van der Waals surface area (Å²) in [5.41, 5.74) is -0.834. The number of aromatic nitrogens is 2. The summed E-state index contributed by atoms with van der Waals surface area (Å²) in [5, 5.41) is 2.41. The number of benzene rings is 1. The Morgan fingerprint density at radius 2 is 2.00 bits per heavy atom. The maximum atomic E-state index is 12.6. The molecule has 1 heterocycles. The molecule has 0 radical (unpaired) electrons. The number of nitrogens with zero attached hydrogens (tertiary/aromatic N) is 2. The third-order valence-corrected chi connectivity index (χ3v) is 5.07. The lowest BCUT2D eigenvalue weighted by atomic mass is 10.1. The van der Waals surface area contributed by atoms with Crippen LogP contribution in [0.5, 0.6) is 0 Å². The first-order valence-electron chi connectivity index (χ1n) is 6.27. The zero-order valence-corrected chi connectivity index (χ0v) is 12.6. The van der Waals surface area contributed by atoms with E-state index in [0.29, 0.717) is 0 Å². The predicted octanol–water partition coefficient (Wildman–Crippen LogP) is 3.07. The average Bonchev–Trinajstić information content (AvgIpc) is 2.83. The van der Waals surface area contributed by atoms with Gasteiger partial charge in [0.1, 0.15) is 5.25 Å². The molecule has 0 fully saturated rings. The van der Waals surface area contributed by atoms with Crippen LogP contribution >= 0.6 is 0 Å².